The average Bonchev–Trinajstić information content (AvgIpc) is 3.68. The third-order valence-electron chi connectivity index (χ3n) is 7.59. The second-order valence-electron chi connectivity index (χ2n) is 10.4. The van der Waals surface area contributed by atoms with Crippen molar-refractivity contribution in [3.8, 4) is 17.2 Å². The summed E-state index contributed by atoms with van der Waals surface area (Å²) in [5.41, 5.74) is 3.53. The number of aromatic nitrogens is 3. The number of carbonyl (C=O) groups excluding carboxylic acids is 2. The minimum Gasteiger partial charge on any atom is -0.505 e. The summed E-state index contributed by atoms with van der Waals surface area (Å²) < 4.78 is 19.8. The van der Waals surface area contributed by atoms with Crippen molar-refractivity contribution in [2.75, 3.05) is 25.2 Å². The Morgan fingerprint density at radius 3 is 2.57 bits per heavy atom. The van der Waals surface area contributed by atoms with Gasteiger partial charge in [0.15, 0.2) is 22.4 Å². The number of fused-ring (bicyclic) bond motifs is 2. The predicted molar refractivity (Wildman–Crippen MR) is 169 cm³/mol. The first-order valence-corrected chi connectivity index (χ1v) is 15.2. The number of hydrogen-bond donors (Lipinski definition) is 1. The average molecular weight is 613 g/mol. The molecule has 0 bridgehead atoms. The van der Waals surface area contributed by atoms with Gasteiger partial charge in [0.2, 0.25) is 0 Å². The van der Waals surface area contributed by atoms with Crippen LogP contribution >= 0.6 is 11.3 Å². The summed E-state index contributed by atoms with van der Waals surface area (Å²) in [6, 6.07) is 13.5. The number of amides is 1. The number of ether oxygens (including phenoxy) is 3. The molecule has 1 fully saturated rings. The van der Waals surface area contributed by atoms with E-state index in [2.05, 4.69) is 0 Å². The Kier molecular flexibility index (Phi) is 7.73. The molecule has 0 aliphatic carbocycles. The van der Waals surface area contributed by atoms with Gasteiger partial charge in [0.25, 0.3) is 5.78 Å². The predicted octanol–water partition coefficient (Wildman–Crippen LogP) is 6.38. The van der Waals surface area contributed by atoms with Crippen molar-refractivity contribution < 1.29 is 28.9 Å². The van der Waals surface area contributed by atoms with E-state index >= 15 is 0 Å². The molecule has 4 heterocycles. The van der Waals surface area contributed by atoms with Gasteiger partial charge in [-0.3, -0.25) is 14.5 Å². The highest BCUT2D eigenvalue weighted by atomic mass is 32.1. The van der Waals surface area contributed by atoms with Crippen LogP contribution in [0.5, 0.6) is 17.2 Å². The van der Waals surface area contributed by atoms with Crippen LogP contribution in [0.15, 0.2) is 60.3 Å². The zero-order valence-electron chi connectivity index (χ0n) is 25.1. The van der Waals surface area contributed by atoms with Gasteiger partial charge in [-0.15, -0.1) is 0 Å². The number of pyridine rings is 1. The number of rotatable bonds is 9. The van der Waals surface area contributed by atoms with Crippen molar-refractivity contribution in [1.29, 1.82) is 0 Å². The molecule has 0 radical (unpaired) electrons. The first-order valence-electron chi connectivity index (χ1n) is 14.4. The third kappa shape index (κ3) is 4.83. The Balaban J connectivity index is 1.58. The van der Waals surface area contributed by atoms with Crippen LogP contribution in [0.4, 0.5) is 5.13 Å². The van der Waals surface area contributed by atoms with Gasteiger partial charge in [-0.25, -0.2) is 9.97 Å². The number of thiazole rings is 1. The third-order valence-corrected chi connectivity index (χ3v) is 8.61. The number of methoxy groups -OCH3 is 1. The molecule has 1 aliphatic rings. The van der Waals surface area contributed by atoms with Crippen molar-refractivity contribution >= 4 is 49.8 Å². The lowest BCUT2D eigenvalue weighted by molar-refractivity contribution is -0.132. The van der Waals surface area contributed by atoms with Gasteiger partial charge < -0.3 is 23.7 Å². The Bertz CT molecular complexity index is 1960. The van der Waals surface area contributed by atoms with Gasteiger partial charge >= 0.3 is 5.91 Å². The maximum Gasteiger partial charge on any atom is 0.301 e. The van der Waals surface area contributed by atoms with Gasteiger partial charge in [-0.05, 0) is 74.7 Å². The topological polar surface area (TPSA) is 115 Å². The largest absolute Gasteiger partial charge is 0.505 e. The first-order chi connectivity index (χ1) is 21.3. The normalized spacial score (nSPS) is 16.3. The number of imidazole rings is 1. The van der Waals surface area contributed by atoms with Crippen LogP contribution in [0.25, 0.3) is 21.6 Å². The second-order valence-corrected chi connectivity index (χ2v) is 11.4. The highest BCUT2D eigenvalue weighted by Gasteiger charge is 2.49. The minimum atomic E-state index is -1.01. The molecule has 3 aromatic heterocycles. The van der Waals surface area contributed by atoms with Crippen LogP contribution in [-0.4, -0.2) is 51.5 Å². The number of aryl methyl sites for hydroxylation is 2. The number of aliphatic hydroxyl groups excluding tert-OH is 1. The fraction of sp³-hybridized carbons (Fsp3) is 0.273. The molecule has 1 N–H and O–H groups in total. The van der Waals surface area contributed by atoms with Gasteiger partial charge in [0.1, 0.15) is 17.1 Å². The van der Waals surface area contributed by atoms with Crippen LogP contribution in [0.1, 0.15) is 48.8 Å². The summed E-state index contributed by atoms with van der Waals surface area (Å²) in [5.74, 6) is -0.326. The molecule has 6 rings (SSSR count). The van der Waals surface area contributed by atoms with E-state index in [1.165, 1.54) is 16.2 Å². The van der Waals surface area contributed by atoms with E-state index in [0.717, 1.165) is 16.7 Å². The number of hydrogen-bond acceptors (Lipinski definition) is 9. The maximum atomic E-state index is 13.9. The molecule has 1 aliphatic heterocycles. The highest BCUT2D eigenvalue weighted by Crippen LogP contribution is 2.46. The number of anilines is 1. The standard InChI is InChI=1S/C33H32N4O6S/c1-6-15-43-23-13-10-20(16-24(23)42-7-2)28-26(29(38)27-19(4)36-14-8-9-18(3)31(36)35-27)30(39)32(40)37(28)33-34-22-12-11-21(41-5)17-25(22)44-33/h8-14,16-17,28,38H,6-7,15H2,1-5H3. The van der Waals surface area contributed by atoms with Gasteiger partial charge in [-0.2, -0.15) is 0 Å². The van der Waals surface area contributed by atoms with Crippen molar-refractivity contribution in [3.63, 3.8) is 0 Å². The fourth-order valence-electron chi connectivity index (χ4n) is 5.44. The van der Waals surface area contributed by atoms with E-state index in [1.54, 1.807) is 37.4 Å². The van der Waals surface area contributed by atoms with Crippen LogP contribution in [0, 0.1) is 13.8 Å². The number of carbonyl (C=O) groups is 2. The number of nitrogens with zero attached hydrogens (tertiary/aromatic N) is 4. The molecule has 226 valence electrons. The molecule has 1 atom stereocenters. The molecule has 11 heteroatoms. The van der Waals surface area contributed by atoms with Gasteiger partial charge in [0, 0.05) is 6.20 Å². The fourth-order valence-corrected chi connectivity index (χ4v) is 6.46. The van der Waals surface area contributed by atoms with E-state index in [1.807, 2.05) is 56.5 Å². The second kappa shape index (κ2) is 11.6. The molecule has 1 saturated heterocycles. The van der Waals surface area contributed by atoms with E-state index in [0.29, 0.717) is 58.0 Å². The molecule has 5 aromatic rings. The lowest BCUT2D eigenvalue weighted by Crippen LogP contribution is -2.29. The summed E-state index contributed by atoms with van der Waals surface area (Å²) >= 11 is 1.26. The Morgan fingerprint density at radius 2 is 1.84 bits per heavy atom. The summed E-state index contributed by atoms with van der Waals surface area (Å²) in [5, 5.41) is 12.2. The first kappa shape index (κ1) is 29.2. The molecular formula is C33H32N4O6S. The molecule has 44 heavy (non-hydrogen) atoms. The Hall–Kier alpha value is -4.90. The molecule has 10 nitrogen and oxygen atoms in total. The Labute approximate surface area is 258 Å². The zero-order chi connectivity index (χ0) is 31.1. The molecule has 0 saturated carbocycles. The smallest absolute Gasteiger partial charge is 0.301 e. The maximum absolute atomic E-state index is 13.9. The zero-order valence-corrected chi connectivity index (χ0v) is 25.9. The minimum absolute atomic E-state index is 0.0827. The van der Waals surface area contributed by atoms with Crippen LogP contribution in [0.3, 0.4) is 0 Å². The highest BCUT2D eigenvalue weighted by molar-refractivity contribution is 7.22. The van der Waals surface area contributed by atoms with Crippen molar-refractivity contribution in [1.82, 2.24) is 14.4 Å². The SMILES string of the molecule is CCCOc1ccc(C2C(=C(O)c3nc4c(C)cccn4c3C)C(=O)C(=O)N2c2nc3ccc(OC)cc3s2)cc1OCC. The summed E-state index contributed by atoms with van der Waals surface area (Å²) in [6.07, 6.45) is 2.66. The molecular weight excluding hydrogens is 580 g/mol. The van der Waals surface area contributed by atoms with Crippen LogP contribution < -0.4 is 19.1 Å². The summed E-state index contributed by atoms with van der Waals surface area (Å²) in [6.45, 7) is 8.49. The van der Waals surface area contributed by atoms with E-state index < -0.39 is 17.7 Å². The van der Waals surface area contributed by atoms with Crippen LogP contribution in [-0.2, 0) is 9.59 Å². The number of aliphatic hydroxyl groups is 1. The number of ketones is 1. The molecule has 2 aromatic carbocycles. The lowest BCUT2D eigenvalue weighted by atomic mass is 9.96. The van der Waals surface area contributed by atoms with Crippen molar-refractivity contribution in [2.45, 2.75) is 40.2 Å². The molecule has 1 unspecified atom stereocenters. The quantitative estimate of drug-likeness (QED) is 0.116. The van der Waals surface area contributed by atoms with Gasteiger partial charge in [0.05, 0.1) is 47.8 Å². The molecule has 0 spiro atoms. The van der Waals surface area contributed by atoms with Crippen molar-refractivity contribution in [3.05, 3.63) is 82.8 Å². The van der Waals surface area contributed by atoms with E-state index in [9.17, 15) is 14.7 Å². The van der Waals surface area contributed by atoms with Gasteiger partial charge in [-0.1, -0.05) is 30.4 Å². The molecule has 1 amide bonds. The lowest BCUT2D eigenvalue weighted by Gasteiger charge is -2.24. The van der Waals surface area contributed by atoms with Crippen LogP contribution in [0.2, 0.25) is 0 Å². The Morgan fingerprint density at radius 1 is 1.02 bits per heavy atom. The van der Waals surface area contributed by atoms with E-state index in [4.69, 9.17) is 24.2 Å². The number of Topliss-reactive ketones (excluding diaryl/α,β-unsaturated/α-hetero) is 1. The monoisotopic (exact) mass is 612 g/mol. The van der Waals surface area contributed by atoms with E-state index in [-0.39, 0.29) is 17.0 Å². The number of benzene rings is 2. The summed E-state index contributed by atoms with van der Waals surface area (Å²) in [4.78, 5) is 38.5. The van der Waals surface area contributed by atoms with Crippen molar-refractivity contribution in [2.24, 2.45) is 0 Å². The summed E-state index contributed by atoms with van der Waals surface area (Å²) in [7, 11) is 1.58.